The van der Waals surface area contributed by atoms with Crippen LogP contribution in [0.1, 0.15) is 31.9 Å². The SMILES string of the molecule is CN1C(=O)C23CC(C)(C#N)C(c4c(Br)ccc5c4OCO5)N2C(=O)C1(C)SS3. The lowest BCUT2D eigenvalue weighted by Gasteiger charge is -2.57. The minimum absolute atomic E-state index is 0.0812. The van der Waals surface area contributed by atoms with Crippen molar-refractivity contribution in [3.8, 4) is 17.6 Å². The maximum absolute atomic E-state index is 13.6. The van der Waals surface area contributed by atoms with E-state index in [4.69, 9.17) is 9.47 Å². The van der Waals surface area contributed by atoms with Crippen LogP contribution in [0.5, 0.6) is 11.5 Å². The van der Waals surface area contributed by atoms with Crippen molar-refractivity contribution < 1.29 is 19.1 Å². The van der Waals surface area contributed by atoms with Gasteiger partial charge in [0, 0.05) is 23.5 Å². The van der Waals surface area contributed by atoms with Gasteiger partial charge in [-0.1, -0.05) is 37.5 Å². The molecule has 10 heteroatoms. The fourth-order valence-corrected chi connectivity index (χ4v) is 8.69. The second-order valence-corrected chi connectivity index (χ2v) is 11.4. The van der Waals surface area contributed by atoms with Gasteiger partial charge >= 0.3 is 0 Å². The van der Waals surface area contributed by atoms with Crippen LogP contribution in [0.3, 0.4) is 0 Å². The molecular weight excluding hydrogens is 466 g/mol. The number of nitriles is 1. The standard InChI is InChI=1S/C18H16BrN3O4S2/c1-16(7-20)6-18-15(24)21(3)17(2,27-28-18)14(23)22(18)13(16)11-9(19)4-5-10-12(11)26-8-25-10/h4-5,13H,6,8H2,1-3H3. The van der Waals surface area contributed by atoms with Gasteiger partial charge in [-0.3, -0.25) is 9.59 Å². The molecule has 2 bridgehead atoms. The lowest BCUT2D eigenvalue weighted by Crippen LogP contribution is -2.73. The van der Waals surface area contributed by atoms with Gasteiger partial charge in [-0.25, -0.2) is 0 Å². The largest absolute Gasteiger partial charge is 0.454 e. The van der Waals surface area contributed by atoms with E-state index in [-0.39, 0.29) is 25.0 Å². The summed E-state index contributed by atoms with van der Waals surface area (Å²) in [6.45, 7) is 3.66. The number of carbonyl (C=O) groups excluding carboxylic acids is 2. The van der Waals surface area contributed by atoms with Crippen molar-refractivity contribution in [2.24, 2.45) is 5.41 Å². The summed E-state index contributed by atoms with van der Waals surface area (Å²) in [4.78, 5) is 28.1. The average Bonchev–Trinajstić information content (AvgIpc) is 3.24. The molecule has 1 aromatic carbocycles. The van der Waals surface area contributed by atoms with Gasteiger partial charge in [0.05, 0.1) is 17.5 Å². The highest BCUT2D eigenvalue weighted by Crippen LogP contribution is 2.70. The molecule has 4 atom stereocenters. The number of amides is 2. The summed E-state index contributed by atoms with van der Waals surface area (Å²) in [5.41, 5.74) is -0.291. The molecule has 6 rings (SSSR count). The molecule has 0 N–H and O–H groups in total. The summed E-state index contributed by atoms with van der Waals surface area (Å²) < 4.78 is 12.0. The van der Waals surface area contributed by atoms with Crippen LogP contribution < -0.4 is 9.47 Å². The first-order valence-electron chi connectivity index (χ1n) is 8.68. The first-order chi connectivity index (χ1) is 13.2. The molecule has 5 aliphatic heterocycles. The molecule has 0 aliphatic carbocycles. The number of likely N-dealkylation sites (N-methyl/N-ethyl adjacent to an activating group) is 1. The highest BCUT2D eigenvalue weighted by atomic mass is 79.9. The summed E-state index contributed by atoms with van der Waals surface area (Å²) in [6, 6.07) is 5.39. The maximum Gasteiger partial charge on any atom is 0.261 e. The Labute approximate surface area is 178 Å². The predicted octanol–water partition coefficient (Wildman–Crippen LogP) is 3.26. The Morgan fingerprint density at radius 1 is 1.25 bits per heavy atom. The molecule has 7 nitrogen and oxygen atoms in total. The molecule has 28 heavy (non-hydrogen) atoms. The third-order valence-electron chi connectivity index (χ3n) is 6.15. The number of fused-ring (bicyclic) bond motifs is 3. The minimum Gasteiger partial charge on any atom is -0.454 e. The van der Waals surface area contributed by atoms with Crippen molar-refractivity contribution in [2.45, 2.75) is 36.1 Å². The van der Waals surface area contributed by atoms with Gasteiger partial charge < -0.3 is 19.3 Å². The molecular formula is C18H16BrN3O4S2. The fourth-order valence-electron chi connectivity index (χ4n) is 4.58. The quantitative estimate of drug-likeness (QED) is 0.569. The molecule has 0 saturated carbocycles. The van der Waals surface area contributed by atoms with Crippen LogP contribution in [0, 0.1) is 16.7 Å². The van der Waals surface area contributed by atoms with E-state index < -0.39 is 21.2 Å². The zero-order chi connectivity index (χ0) is 20.1. The van der Waals surface area contributed by atoms with Crippen molar-refractivity contribution in [3.63, 3.8) is 0 Å². The molecule has 5 heterocycles. The zero-order valence-electron chi connectivity index (χ0n) is 15.3. The highest BCUT2D eigenvalue weighted by molar-refractivity contribution is 9.10. The van der Waals surface area contributed by atoms with Crippen molar-refractivity contribution in [1.82, 2.24) is 9.80 Å². The lowest BCUT2D eigenvalue weighted by molar-refractivity contribution is -0.164. The summed E-state index contributed by atoms with van der Waals surface area (Å²) in [5, 5.41) is 10.2. The van der Waals surface area contributed by atoms with Crippen LogP contribution in [0.4, 0.5) is 0 Å². The number of halogens is 1. The second-order valence-electron chi connectivity index (χ2n) is 7.78. The second kappa shape index (κ2) is 5.52. The van der Waals surface area contributed by atoms with Crippen molar-refractivity contribution in [3.05, 3.63) is 22.2 Å². The maximum atomic E-state index is 13.6. The number of ether oxygens (including phenoxy) is 2. The molecule has 0 radical (unpaired) electrons. The molecule has 5 aliphatic rings. The summed E-state index contributed by atoms with van der Waals surface area (Å²) in [5.74, 6) is 0.801. The Morgan fingerprint density at radius 2 is 2.00 bits per heavy atom. The van der Waals surface area contributed by atoms with Crippen LogP contribution in [-0.4, -0.2) is 45.2 Å². The summed E-state index contributed by atoms with van der Waals surface area (Å²) in [6.07, 6.45) is 0.251. The number of nitrogens with zero attached hydrogens (tertiary/aromatic N) is 3. The van der Waals surface area contributed by atoms with Gasteiger partial charge in [-0.05, 0) is 26.0 Å². The van der Waals surface area contributed by atoms with Gasteiger partial charge in [0.2, 0.25) is 6.79 Å². The van der Waals surface area contributed by atoms with Gasteiger partial charge in [-0.2, -0.15) is 5.26 Å². The zero-order valence-corrected chi connectivity index (χ0v) is 18.5. The minimum atomic E-state index is -1.11. The van der Waals surface area contributed by atoms with Crippen LogP contribution in [-0.2, 0) is 9.59 Å². The third kappa shape index (κ3) is 1.93. The first kappa shape index (κ1) is 18.5. The smallest absolute Gasteiger partial charge is 0.261 e. The van der Waals surface area contributed by atoms with Crippen molar-refractivity contribution in [2.75, 3.05) is 13.8 Å². The molecule has 0 aromatic heterocycles. The van der Waals surface area contributed by atoms with Gasteiger partial charge in [0.15, 0.2) is 21.2 Å². The number of carbonyl (C=O) groups is 2. The molecule has 1 spiro atoms. The van der Waals surface area contributed by atoms with Gasteiger partial charge in [0.25, 0.3) is 11.8 Å². The fraction of sp³-hybridized carbons (Fsp3) is 0.500. The molecule has 4 saturated heterocycles. The van der Waals surface area contributed by atoms with E-state index in [0.29, 0.717) is 17.1 Å². The van der Waals surface area contributed by atoms with Crippen LogP contribution >= 0.6 is 37.5 Å². The van der Waals surface area contributed by atoms with Crippen molar-refractivity contribution >= 4 is 49.3 Å². The third-order valence-corrected chi connectivity index (χ3v) is 10.5. The first-order valence-corrected chi connectivity index (χ1v) is 11.6. The van der Waals surface area contributed by atoms with Crippen LogP contribution in [0.15, 0.2) is 16.6 Å². The van der Waals surface area contributed by atoms with Crippen LogP contribution in [0.25, 0.3) is 0 Å². The Balaban J connectivity index is 1.78. The lowest BCUT2D eigenvalue weighted by atomic mass is 9.79. The number of hydrogen-bond acceptors (Lipinski definition) is 7. The predicted molar refractivity (Wildman–Crippen MR) is 107 cm³/mol. The van der Waals surface area contributed by atoms with E-state index in [1.165, 1.54) is 26.5 Å². The topological polar surface area (TPSA) is 82.9 Å². The summed E-state index contributed by atoms with van der Waals surface area (Å²) in [7, 11) is 4.45. The van der Waals surface area contributed by atoms with E-state index in [0.717, 1.165) is 4.47 Å². The van der Waals surface area contributed by atoms with Gasteiger partial charge in [0.1, 0.15) is 0 Å². The number of hydrogen-bond donors (Lipinski definition) is 0. The average molecular weight is 482 g/mol. The number of benzene rings is 1. The molecule has 1 aromatic rings. The van der Waals surface area contributed by atoms with E-state index in [9.17, 15) is 14.9 Å². The van der Waals surface area contributed by atoms with E-state index >= 15 is 0 Å². The number of rotatable bonds is 1. The summed E-state index contributed by atoms with van der Waals surface area (Å²) >= 11 is 3.58. The molecule has 146 valence electrons. The van der Waals surface area contributed by atoms with E-state index in [2.05, 4.69) is 22.0 Å². The van der Waals surface area contributed by atoms with E-state index in [1.54, 1.807) is 24.9 Å². The highest BCUT2D eigenvalue weighted by Gasteiger charge is 2.75. The van der Waals surface area contributed by atoms with Gasteiger partial charge in [-0.15, -0.1) is 0 Å². The normalized spacial score (nSPS) is 38.0. The Kier molecular flexibility index (Phi) is 3.64. The molecule has 4 fully saturated rings. The monoisotopic (exact) mass is 481 g/mol. The van der Waals surface area contributed by atoms with Crippen LogP contribution in [0.2, 0.25) is 0 Å². The van der Waals surface area contributed by atoms with Crippen molar-refractivity contribution in [1.29, 1.82) is 5.26 Å². The molecule has 2 amide bonds. The number of piperazine rings is 1. The van der Waals surface area contributed by atoms with E-state index in [1.807, 2.05) is 13.0 Å². The Hall–Kier alpha value is -1.57. The molecule has 4 unspecified atom stereocenters. The Morgan fingerprint density at radius 3 is 2.71 bits per heavy atom. The Bertz CT molecular complexity index is 1000.